The van der Waals surface area contributed by atoms with E-state index < -0.39 is 17.8 Å². The Bertz CT molecular complexity index is 1030. The van der Waals surface area contributed by atoms with E-state index in [4.69, 9.17) is 16.3 Å². The van der Waals surface area contributed by atoms with Crippen molar-refractivity contribution in [1.29, 1.82) is 0 Å². The number of hydrogen-bond donors (Lipinski definition) is 2. The van der Waals surface area contributed by atoms with Gasteiger partial charge in [0.1, 0.15) is 5.57 Å². The van der Waals surface area contributed by atoms with E-state index >= 15 is 0 Å². The monoisotopic (exact) mass is 414 g/mol. The molecule has 29 heavy (non-hydrogen) atoms. The molecule has 0 atom stereocenters. The third-order valence-corrected chi connectivity index (χ3v) is 4.79. The number of carbonyl (C=O) groups excluding carboxylic acids is 3. The van der Waals surface area contributed by atoms with E-state index in [0.29, 0.717) is 17.2 Å². The number of aromatic hydroxyl groups is 1. The number of amides is 4. The second-order valence-corrected chi connectivity index (χ2v) is 7.16. The molecule has 0 spiro atoms. The normalized spacial score (nSPS) is 15.8. The summed E-state index contributed by atoms with van der Waals surface area (Å²) in [4.78, 5) is 38.4. The number of methoxy groups -OCH3 is 1. The number of rotatable bonds is 4. The lowest BCUT2D eigenvalue weighted by Gasteiger charge is -2.26. The van der Waals surface area contributed by atoms with Crippen molar-refractivity contribution in [3.8, 4) is 11.5 Å². The lowest BCUT2D eigenvalue weighted by molar-refractivity contribution is -0.122. The summed E-state index contributed by atoms with van der Waals surface area (Å²) in [5.41, 5.74) is 1.50. The van der Waals surface area contributed by atoms with Crippen molar-refractivity contribution in [3.63, 3.8) is 0 Å². The van der Waals surface area contributed by atoms with Crippen LogP contribution in [0.5, 0.6) is 11.5 Å². The van der Waals surface area contributed by atoms with Gasteiger partial charge in [-0.05, 0) is 47.4 Å². The van der Waals surface area contributed by atoms with Crippen LogP contribution in [0.2, 0.25) is 5.02 Å². The van der Waals surface area contributed by atoms with Gasteiger partial charge >= 0.3 is 6.03 Å². The van der Waals surface area contributed by atoms with Crippen LogP contribution in [0, 0.1) is 0 Å². The van der Waals surface area contributed by atoms with Gasteiger partial charge in [-0.3, -0.25) is 14.9 Å². The molecule has 1 saturated heterocycles. The van der Waals surface area contributed by atoms with Crippen LogP contribution in [-0.4, -0.2) is 30.1 Å². The number of urea groups is 1. The summed E-state index contributed by atoms with van der Waals surface area (Å²) in [6.07, 6.45) is 1.29. The first kappa shape index (κ1) is 20.4. The molecule has 0 aromatic heterocycles. The van der Waals surface area contributed by atoms with E-state index in [0.717, 1.165) is 10.5 Å². The Labute approximate surface area is 172 Å². The predicted molar refractivity (Wildman–Crippen MR) is 109 cm³/mol. The Morgan fingerprint density at radius 2 is 1.79 bits per heavy atom. The Morgan fingerprint density at radius 3 is 2.38 bits per heavy atom. The molecule has 1 aliphatic rings. The minimum absolute atomic E-state index is 0.00271. The highest BCUT2D eigenvalue weighted by molar-refractivity contribution is 6.39. The van der Waals surface area contributed by atoms with Gasteiger partial charge in [0.25, 0.3) is 11.8 Å². The average Bonchev–Trinajstić information content (AvgIpc) is 2.68. The first-order chi connectivity index (χ1) is 13.7. The van der Waals surface area contributed by atoms with E-state index in [-0.39, 0.29) is 22.1 Å². The lowest BCUT2D eigenvalue weighted by atomic mass is 10.0. The number of benzene rings is 2. The molecule has 2 aromatic rings. The van der Waals surface area contributed by atoms with Crippen molar-refractivity contribution in [2.45, 2.75) is 19.8 Å². The number of halogens is 1. The third kappa shape index (κ3) is 3.95. The number of carbonyl (C=O) groups is 3. The van der Waals surface area contributed by atoms with Gasteiger partial charge in [0.05, 0.1) is 17.8 Å². The number of phenols is 1. The summed E-state index contributed by atoms with van der Waals surface area (Å²) >= 11 is 5.97. The van der Waals surface area contributed by atoms with Crippen LogP contribution in [0.15, 0.2) is 42.0 Å². The maximum atomic E-state index is 12.9. The molecule has 0 aliphatic carbocycles. The summed E-state index contributed by atoms with van der Waals surface area (Å²) in [6.45, 7) is 4.06. The van der Waals surface area contributed by atoms with Gasteiger partial charge in [-0.15, -0.1) is 0 Å². The minimum Gasteiger partial charge on any atom is -0.503 e. The van der Waals surface area contributed by atoms with Crippen molar-refractivity contribution in [2.75, 3.05) is 12.0 Å². The standard InChI is InChI=1S/C21H19ClN2O5/c1-11(2)13-4-6-14(7-5-13)24-20(27)15(19(26)23-21(24)28)8-12-9-16(22)18(25)17(10-12)29-3/h4-11,25H,1-3H3,(H,23,26,28)/b15-8-. The van der Waals surface area contributed by atoms with Crippen LogP contribution in [0.4, 0.5) is 10.5 Å². The predicted octanol–water partition coefficient (Wildman–Crippen LogP) is 3.84. The Morgan fingerprint density at radius 1 is 1.14 bits per heavy atom. The van der Waals surface area contributed by atoms with Gasteiger partial charge in [0.15, 0.2) is 11.5 Å². The SMILES string of the molecule is COc1cc(/C=C2/C(=O)NC(=O)N(c3ccc(C(C)C)cc3)C2=O)cc(Cl)c1O. The summed E-state index contributed by atoms with van der Waals surface area (Å²) in [5.74, 6) is -1.46. The first-order valence-corrected chi connectivity index (χ1v) is 9.18. The molecule has 0 radical (unpaired) electrons. The number of hydrogen-bond acceptors (Lipinski definition) is 5. The quantitative estimate of drug-likeness (QED) is 0.585. The largest absolute Gasteiger partial charge is 0.503 e. The molecule has 3 rings (SSSR count). The molecule has 4 amide bonds. The minimum atomic E-state index is -0.823. The first-order valence-electron chi connectivity index (χ1n) is 8.80. The van der Waals surface area contributed by atoms with Crippen LogP contribution < -0.4 is 15.0 Å². The molecule has 7 nitrogen and oxygen atoms in total. The summed E-state index contributed by atoms with van der Waals surface area (Å²) in [7, 11) is 1.35. The molecule has 2 aromatic carbocycles. The molecule has 0 saturated carbocycles. The highest BCUT2D eigenvalue weighted by Gasteiger charge is 2.36. The fourth-order valence-electron chi connectivity index (χ4n) is 2.90. The van der Waals surface area contributed by atoms with Crippen molar-refractivity contribution < 1.29 is 24.2 Å². The maximum Gasteiger partial charge on any atom is 0.335 e. The number of barbiturate groups is 1. The average molecular weight is 415 g/mol. The van der Waals surface area contributed by atoms with E-state index in [1.165, 1.54) is 25.3 Å². The van der Waals surface area contributed by atoms with Gasteiger partial charge in [-0.2, -0.15) is 0 Å². The van der Waals surface area contributed by atoms with Crippen LogP contribution in [0.3, 0.4) is 0 Å². The zero-order valence-corrected chi connectivity index (χ0v) is 16.8. The molecule has 1 aliphatic heterocycles. The summed E-state index contributed by atoms with van der Waals surface area (Å²) < 4.78 is 5.03. The van der Waals surface area contributed by atoms with Gasteiger partial charge in [0, 0.05) is 0 Å². The molecule has 150 valence electrons. The van der Waals surface area contributed by atoms with Crippen molar-refractivity contribution in [1.82, 2.24) is 5.32 Å². The van der Waals surface area contributed by atoms with Gasteiger partial charge in [-0.1, -0.05) is 37.6 Å². The van der Waals surface area contributed by atoms with Gasteiger partial charge in [0.2, 0.25) is 0 Å². The molecular formula is C21H19ClN2O5. The molecule has 2 N–H and O–H groups in total. The molecular weight excluding hydrogens is 396 g/mol. The zero-order valence-electron chi connectivity index (χ0n) is 16.0. The van der Waals surface area contributed by atoms with E-state index in [9.17, 15) is 19.5 Å². The van der Waals surface area contributed by atoms with Gasteiger partial charge in [-0.25, -0.2) is 9.69 Å². The summed E-state index contributed by atoms with van der Waals surface area (Å²) in [5, 5.41) is 12.0. The Kier molecular flexibility index (Phi) is 5.61. The number of ether oxygens (including phenoxy) is 1. The van der Waals surface area contributed by atoms with Crippen LogP contribution in [0.1, 0.15) is 30.9 Å². The number of imide groups is 2. The number of phenolic OH excluding ortho intramolecular Hbond substituents is 1. The highest BCUT2D eigenvalue weighted by atomic mass is 35.5. The van der Waals surface area contributed by atoms with Crippen molar-refractivity contribution >= 4 is 41.2 Å². The Balaban J connectivity index is 2.01. The molecule has 0 unspecified atom stereocenters. The topological polar surface area (TPSA) is 95.9 Å². The third-order valence-electron chi connectivity index (χ3n) is 4.50. The fourth-order valence-corrected chi connectivity index (χ4v) is 3.12. The molecule has 0 bridgehead atoms. The number of anilines is 1. The highest BCUT2D eigenvalue weighted by Crippen LogP contribution is 2.36. The Hall–Kier alpha value is -3.32. The van der Waals surface area contributed by atoms with Gasteiger partial charge < -0.3 is 9.84 Å². The zero-order chi connectivity index (χ0) is 21.3. The second-order valence-electron chi connectivity index (χ2n) is 6.76. The van der Waals surface area contributed by atoms with E-state index in [2.05, 4.69) is 5.32 Å². The molecule has 1 heterocycles. The summed E-state index contributed by atoms with van der Waals surface area (Å²) in [6, 6.07) is 8.94. The van der Waals surface area contributed by atoms with Crippen LogP contribution in [0.25, 0.3) is 6.08 Å². The molecule has 8 heteroatoms. The smallest absolute Gasteiger partial charge is 0.335 e. The lowest BCUT2D eigenvalue weighted by Crippen LogP contribution is -2.54. The number of nitrogens with zero attached hydrogens (tertiary/aromatic N) is 1. The maximum absolute atomic E-state index is 12.9. The van der Waals surface area contributed by atoms with Crippen LogP contribution in [-0.2, 0) is 9.59 Å². The van der Waals surface area contributed by atoms with Crippen molar-refractivity contribution in [2.24, 2.45) is 0 Å². The van der Waals surface area contributed by atoms with E-state index in [1.807, 2.05) is 26.0 Å². The van der Waals surface area contributed by atoms with E-state index in [1.54, 1.807) is 12.1 Å². The molecule has 1 fully saturated rings. The van der Waals surface area contributed by atoms with Crippen LogP contribution >= 0.6 is 11.6 Å². The second kappa shape index (κ2) is 7.97. The van der Waals surface area contributed by atoms with Crippen molar-refractivity contribution in [3.05, 3.63) is 58.1 Å². The fraction of sp³-hybridized carbons (Fsp3) is 0.190. The number of nitrogens with one attached hydrogen (secondary N) is 1.